The zero-order valence-electron chi connectivity index (χ0n) is 9.97. The Hall–Kier alpha value is -0.870. The summed E-state index contributed by atoms with van der Waals surface area (Å²) in [5.41, 5.74) is 0.914. The first-order chi connectivity index (χ1) is 9.05. The first-order valence-corrected chi connectivity index (χ1v) is 9.88. The maximum Gasteiger partial charge on any atom is 0.298 e. The third kappa shape index (κ3) is 2.56. The van der Waals surface area contributed by atoms with Crippen molar-refractivity contribution < 1.29 is 12.8 Å². The van der Waals surface area contributed by atoms with E-state index >= 15 is 0 Å². The first-order valence-electron chi connectivity index (χ1n) is 5.85. The lowest BCUT2D eigenvalue weighted by molar-refractivity contribution is 0.517. The second kappa shape index (κ2) is 4.91. The Morgan fingerprint density at radius 2 is 2.05 bits per heavy atom. The summed E-state index contributed by atoms with van der Waals surface area (Å²) in [6.07, 6.45) is 0. The fourth-order valence-electron chi connectivity index (χ4n) is 2.10. The van der Waals surface area contributed by atoms with E-state index in [0.717, 1.165) is 26.2 Å². The van der Waals surface area contributed by atoms with Gasteiger partial charge in [0.05, 0.1) is 21.2 Å². The molecule has 6 nitrogen and oxygen atoms in total. The summed E-state index contributed by atoms with van der Waals surface area (Å²) < 4.78 is 29.1. The third-order valence-electron chi connectivity index (χ3n) is 3.02. The van der Waals surface area contributed by atoms with E-state index in [1.54, 1.807) is 18.2 Å². The Kier molecular flexibility index (Phi) is 3.39. The second-order valence-electron chi connectivity index (χ2n) is 4.27. The number of nitrogens with zero attached hydrogens (tertiary/aromatic N) is 2. The molecule has 2 aromatic rings. The predicted molar refractivity (Wildman–Crippen MR) is 80.3 cm³/mol. The molecule has 1 aliphatic rings. The van der Waals surface area contributed by atoms with Crippen LogP contribution in [0.1, 0.15) is 0 Å². The minimum Gasteiger partial charge on any atom is -0.423 e. The molecule has 3 rings (SSSR count). The van der Waals surface area contributed by atoms with Crippen molar-refractivity contribution in [3.8, 4) is 0 Å². The molecule has 1 aromatic heterocycles. The number of hydrogen-bond donors (Lipinski definition) is 1. The van der Waals surface area contributed by atoms with Gasteiger partial charge in [0.2, 0.25) is 7.01 Å². The van der Waals surface area contributed by atoms with Crippen molar-refractivity contribution in [1.29, 1.82) is 0 Å². The van der Waals surface area contributed by atoms with Gasteiger partial charge in [0, 0.05) is 26.2 Å². The highest BCUT2D eigenvalue weighted by Crippen LogP contribution is 2.29. The Morgan fingerprint density at radius 3 is 2.74 bits per heavy atom. The Morgan fingerprint density at radius 1 is 1.32 bits per heavy atom. The number of hydrogen-bond acceptors (Lipinski definition) is 6. The average molecular weight is 393 g/mol. The van der Waals surface area contributed by atoms with E-state index in [1.165, 1.54) is 21.2 Å². The summed E-state index contributed by atoms with van der Waals surface area (Å²) in [5.74, 6) is 0. The lowest BCUT2D eigenvalue weighted by atomic mass is 10.3. The van der Waals surface area contributed by atoms with Crippen molar-refractivity contribution in [3.05, 3.63) is 18.2 Å². The highest BCUT2D eigenvalue weighted by Gasteiger charge is 2.21. The molecule has 19 heavy (non-hydrogen) atoms. The van der Waals surface area contributed by atoms with Gasteiger partial charge in [0.1, 0.15) is 10.4 Å². The van der Waals surface area contributed by atoms with E-state index in [0.29, 0.717) is 17.1 Å². The van der Waals surface area contributed by atoms with Crippen molar-refractivity contribution in [2.75, 3.05) is 31.1 Å². The van der Waals surface area contributed by atoms with Crippen molar-refractivity contribution in [3.63, 3.8) is 0 Å². The zero-order chi connectivity index (χ0) is 13.5. The van der Waals surface area contributed by atoms with Gasteiger partial charge >= 0.3 is 0 Å². The van der Waals surface area contributed by atoms with Crippen LogP contribution in [0, 0.1) is 0 Å². The van der Waals surface area contributed by atoms with Gasteiger partial charge in [-0.1, -0.05) is 6.07 Å². The third-order valence-corrected chi connectivity index (χ3v) is 5.30. The lowest BCUT2D eigenvalue weighted by Gasteiger charge is -2.25. The van der Waals surface area contributed by atoms with Crippen LogP contribution in [0.4, 0.5) is 6.01 Å². The zero-order valence-corrected chi connectivity index (χ0v) is 12.9. The van der Waals surface area contributed by atoms with Crippen molar-refractivity contribution in [2.45, 2.75) is 4.90 Å². The van der Waals surface area contributed by atoms with Gasteiger partial charge in [-0.05, 0) is 12.1 Å². The molecule has 1 N–H and O–H groups in total. The van der Waals surface area contributed by atoms with Crippen LogP contribution in [0.5, 0.6) is 0 Å². The Balaban J connectivity index is 2.10. The largest absolute Gasteiger partial charge is 0.423 e. The van der Waals surface area contributed by atoms with E-state index in [2.05, 4.69) is 10.3 Å². The summed E-state index contributed by atoms with van der Waals surface area (Å²) in [5, 5.41) is 3.25. The number of aromatic nitrogens is 1. The predicted octanol–water partition coefficient (Wildman–Crippen LogP) is 1.36. The topological polar surface area (TPSA) is 75.4 Å². The molecule has 1 aliphatic heterocycles. The monoisotopic (exact) mass is 393 g/mol. The van der Waals surface area contributed by atoms with Crippen molar-refractivity contribution in [1.82, 2.24) is 10.3 Å². The van der Waals surface area contributed by atoms with Gasteiger partial charge < -0.3 is 14.6 Å². The molecular weight excluding hydrogens is 381 g/mol. The van der Waals surface area contributed by atoms with Gasteiger partial charge in [0.25, 0.3) is 6.01 Å². The fraction of sp³-hybridized carbons (Fsp3) is 0.364. The second-order valence-corrected chi connectivity index (χ2v) is 9.07. The highest BCUT2D eigenvalue weighted by atomic mass is 127. The molecule has 0 bridgehead atoms. The van der Waals surface area contributed by atoms with Crippen LogP contribution >= 0.6 is 21.2 Å². The normalized spacial score (nSPS) is 17.0. The van der Waals surface area contributed by atoms with E-state index in [-0.39, 0.29) is 4.90 Å². The summed E-state index contributed by atoms with van der Waals surface area (Å²) in [6, 6.07) is 5.44. The molecule has 0 spiro atoms. The number of halogens is 1. The smallest absolute Gasteiger partial charge is 0.298 e. The van der Waals surface area contributed by atoms with Crippen LogP contribution in [-0.2, 0) is 7.01 Å². The number of oxazole rings is 1. The summed E-state index contributed by atoms with van der Waals surface area (Å²) in [4.78, 5) is 6.57. The molecule has 0 unspecified atom stereocenters. The van der Waals surface area contributed by atoms with E-state index in [4.69, 9.17) is 4.42 Å². The van der Waals surface area contributed by atoms with E-state index in [9.17, 15) is 8.42 Å². The molecule has 0 radical (unpaired) electrons. The molecule has 0 saturated carbocycles. The molecule has 1 fully saturated rings. The van der Waals surface area contributed by atoms with Crippen LogP contribution in [0.25, 0.3) is 11.1 Å². The molecule has 8 heteroatoms. The molecular formula is C11H12IN3O3S. The van der Waals surface area contributed by atoms with Crippen LogP contribution in [0.2, 0.25) is 0 Å². The van der Waals surface area contributed by atoms with Crippen LogP contribution < -0.4 is 10.2 Å². The highest BCUT2D eigenvalue weighted by molar-refractivity contribution is 14.2. The summed E-state index contributed by atoms with van der Waals surface area (Å²) in [7, 11) is -3.33. The van der Waals surface area contributed by atoms with Crippen LogP contribution in [0.15, 0.2) is 27.5 Å². The quantitative estimate of drug-likeness (QED) is 0.614. The number of rotatable bonds is 2. The number of nitrogens with one attached hydrogen (secondary N) is 1. The number of piperazine rings is 1. The van der Waals surface area contributed by atoms with Gasteiger partial charge in [-0.25, -0.2) is 8.42 Å². The number of para-hydroxylation sites is 1. The van der Waals surface area contributed by atoms with Crippen molar-refractivity contribution >= 4 is 45.3 Å². The van der Waals surface area contributed by atoms with Crippen LogP contribution in [-0.4, -0.2) is 39.6 Å². The average Bonchev–Trinajstić information content (AvgIpc) is 2.82. The minimum absolute atomic E-state index is 0.204. The van der Waals surface area contributed by atoms with Gasteiger partial charge in [-0.3, -0.25) is 0 Å². The molecule has 102 valence electrons. The fourth-order valence-corrected chi connectivity index (χ4v) is 3.78. The van der Waals surface area contributed by atoms with Crippen LogP contribution in [0.3, 0.4) is 0 Å². The molecule has 0 aliphatic carbocycles. The molecule has 2 heterocycles. The van der Waals surface area contributed by atoms with Gasteiger partial charge in [0.15, 0.2) is 5.58 Å². The Labute approximate surface area is 122 Å². The standard InChI is InChI=1S/C11H12IN3O3S/c12-19(16,17)9-3-1-2-8-10(9)14-11(18-8)15-6-4-13-5-7-15/h1-3,13H,4-7H2. The number of anilines is 1. The number of benzene rings is 1. The Bertz CT molecular complexity index is 707. The SMILES string of the molecule is O=S(=O)(I)c1cccc2oc(N3CCNCC3)nc12. The lowest BCUT2D eigenvalue weighted by Crippen LogP contribution is -2.43. The minimum atomic E-state index is -3.33. The molecule has 0 atom stereocenters. The van der Waals surface area contributed by atoms with E-state index in [1.807, 2.05) is 4.90 Å². The molecule has 1 saturated heterocycles. The maximum absolute atomic E-state index is 11.7. The van der Waals surface area contributed by atoms with Crippen molar-refractivity contribution in [2.24, 2.45) is 0 Å². The summed E-state index contributed by atoms with van der Waals surface area (Å²) >= 11 is 1.42. The number of fused-ring (bicyclic) bond motifs is 1. The molecule has 1 aromatic carbocycles. The van der Waals surface area contributed by atoms with E-state index < -0.39 is 7.01 Å². The summed E-state index contributed by atoms with van der Waals surface area (Å²) in [6.45, 7) is 3.35. The van der Waals surface area contributed by atoms with Gasteiger partial charge in [-0.2, -0.15) is 4.98 Å². The maximum atomic E-state index is 11.7. The molecule has 0 amide bonds. The van der Waals surface area contributed by atoms with Gasteiger partial charge in [-0.15, -0.1) is 0 Å². The first kappa shape index (κ1) is 13.1.